The van der Waals surface area contributed by atoms with Crippen LogP contribution in [-0.2, 0) is 14.3 Å². The average molecular weight is 467 g/mol. The molecule has 5 rings (SSSR count). The molecule has 0 aromatic heterocycles. The van der Waals surface area contributed by atoms with E-state index < -0.39 is 23.6 Å². The Kier molecular flexibility index (Phi) is 5.56. The van der Waals surface area contributed by atoms with Gasteiger partial charge in [-0.2, -0.15) is 0 Å². The summed E-state index contributed by atoms with van der Waals surface area (Å²) in [6.07, 6.45) is 0.966. The Hall–Kier alpha value is -3.00. The lowest BCUT2D eigenvalue weighted by Crippen LogP contribution is -2.61. The van der Waals surface area contributed by atoms with Gasteiger partial charge in [0.2, 0.25) is 5.91 Å². The molecule has 7 nitrogen and oxygen atoms in total. The maximum atomic E-state index is 13.4. The van der Waals surface area contributed by atoms with Gasteiger partial charge >= 0.3 is 12.1 Å². The number of carboxylic acid groups (broad SMARTS) is 1. The number of rotatable bonds is 6. The molecule has 1 heterocycles. The molecule has 0 bridgehead atoms. The second-order valence-corrected chi connectivity index (χ2v) is 10.1. The van der Waals surface area contributed by atoms with Gasteiger partial charge in [0.05, 0.1) is 5.88 Å². The lowest BCUT2D eigenvalue weighted by molar-refractivity contribution is -0.150. The van der Waals surface area contributed by atoms with Gasteiger partial charge in [-0.05, 0) is 47.9 Å². The van der Waals surface area contributed by atoms with Gasteiger partial charge in [-0.25, -0.2) is 9.59 Å². The molecule has 8 heteroatoms. The second-order valence-electron chi connectivity index (χ2n) is 9.06. The van der Waals surface area contributed by atoms with E-state index in [1.807, 2.05) is 24.3 Å². The number of benzene rings is 2. The van der Waals surface area contributed by atoms with Crippen molar-refractivity contribution in [2.24, 2.45) is 5.92 Å². The Morgan fingerprint density at radius 1 is 1.09 bits per heavy atom. The predicted molar refractivity (Wildman–Crippen MR) is 125 cm³/mol. The Morgan fingerprint density at radius 3 is 2.27 bits per heavy atom. The first-order chi connectivity index (χ1) is 15.9. The van der Waals surface area contributed by atoms with E-state index in [9.17, 15) is 19.5 Å². The molecule has 2 fully saturated rings. The van der Waals surface area contributed by atoms with E-state index in [1.54, 1.807) is 6.92 Å². The third-order valence-electron chi connectivity index (χ3n) is 6.97. The average Bonchev–Trinajstić information content (AvgIpc) is 3.47. The van der Waals surface area contributed by atoms with E-state index in [4.69, 9.17) is 4.74 Å². The molecule has 1 unspecified atom stereocenters. The zero-order chi connectivity index (χ0) is 23.2. The molecule has 0 radical (unpaired) electrons. The van der Waals surface area contributed by atoms with Gasteiger partial charge < -0.3 is 20.1 Å². The minimum absolute atomic E-state index is 0.0227. The van der Waals surface area contributed by atoms with Gasteiger partial charge in [-0.1, -0.05) is 48.5 Å². The van der Waals surface area contributed by atoms with Crippen LogP contribution < -0.4 is 5.32 Å². The van der Waals surface area contributed by atoms with Gasteiger partial charge in [-0.15, -0.1) is 11.8 Å². The van der Waals surface area contributed by atoms with Crippen LogP contribution >= 0.6 is 11.8 Å². The van der Waals surface area contributed by atoms with Crippen LogP contribution in [-0.4, -0.2) is 57.8 Å². The van der Waals surface area contributed by atoms with Crippen molar-refractivity contribution in [3.05, 3.63) is 59.7 Å². The summed E-state index contributed by atoms with van der Waals surface area (Å²) in [4.78, 5) is 39.2. The first kappa shape index (κ1) is 21.8. The van der Waals surface area contributed by atoms with E-state index in [-0.39, 0.29) is 24.3 Å². The number of aliphatic carboxylic acids is 1. The van der Waals surface area contributed by atoms with Crippen LogP contribution in [0.5, 0.6) is 0 Å². The van der Waals surface area contributed by atoms with Crippen LogP contribution in [0.4, 0.5) is 4.79 Å². The van der Waals surface area contributed by atoms with Gasteiger partial charge in [0.25, 0.3) is 0 Å². The number of fused-ring (bicyclic) bond motifs is 3. The molecule has 3 aliphatic rings. The largest absolute Gasteiger partial charge is 0.480 e. The van der Waals surface area contributed by atoms with Crippen LogP contribution in [0, 0.1) is 5.92 Å². The third-order valence-corrected chi connectivity index (χ3v) is 7.98. The number of nitrogens with one attached hydrogen (secondary N) is 1. The number of ether oxygens (including phenoxy) is 1. The number of carbonyl (C=O) groups is 3. The molecular formula is C25H26N2O5S. The monoisotopic (exact) mass is 466 g/mol. The third kappa shape index (κ3) is 3.86. The van der Waals surface area contributed by atoms with Crippen molar-refractivity contribution in [3.8, 4) is 11.1 Å². The van der Waals surface area contributed by atoms with Gasteiger partial charge in [0.15, 0.2) is 0 Å². The van der Waals surface area contributed by atoms with E-state index in [2.05, 4.69) is 29.6 Å². The maximum Gasteiger partial charge on any atom is 0.408 e. The Morgan fingerprint density at radius 2 is 1.70 bits per heavy atom. The normalized spacial score (nSPS) is 21.1. The van der Waals surface area contributed by atoms with Crippen molar-refractivity contribution in [3.63, 3.8) is 0 Å². The Balaban J connectivity index is 1.30. The Bertz CT molecular complexity index is 1070. The molecule has 2 atom stereocenters. The minimum atomic E-state index is -1.18. The summed E-state index contributed by atoms with van der Waals surface area (Å²) < 4.78 is 5.66. The van der Waals surface area contributed by atoms with Crippen molar-refractivity contribution in [1.82, 2.24) is 10.2 Å². The van der Waals surface area contributed by atoms with Crippen LogP contribution in [0.25, 0.3) is 11.1 Å². The van der Waals surface area contributed by atoms with Gasteiger partial charge in [0.1, 0.15) is 18.2 Å². The lowest BCUT2D eigenvalue weighted by atomic mass is 9.93. The topological polar surface area (TPSA) is 95.9 Å². The summed E-state index contributed by atoms with van der Waals surface area (Å²) in [6, 6.07) is 15.3. The summed E-state index contributed by atoms with van der Waals surface area (Å²) >= 11 is 1.41. The number of alkyl carbamates (subject to hydrolysis) is 1. The summed E-state index contributed by atoms with van der Waals surface area (Å²) in [5.41, 5.74) is 3.34. The lowest BCUT2D eigenvalue weighted by Gasteiger charge is -2.34. The SMILES string of the molecule is CC(NC(=O)OCC1c2ccccc2-c2ccccc21)(C(=O)N1CSC[C@H]1C(=O)O)C1CC1. The van der Waals surface area contributed by atoms with Gasteiger partial charge in [-0.3, -0.25) is 4.79 Å². The fourth-order valence-corrected chi connectivity index (χ4v) is 6.13. The number of carboxylic acids is 1. The van der Waals surface area contributed by atoms with Crippen LogP contribution in [0.15, 0.2) is 48.5 Å². The molecule has 2 N–H and O–H groups in total. The first-order valence-electron chi connectivity index (χ1n) is 11.1. The van der Waals surface area contributed by atoms with Crippen molar-refractivity contribution >= 4 is 29.7 Å². The summed E-state index contributed by atoms with van der Waals surface area (Å²) in [5, 5.41) is 12.3. The van der Waals surface area contributed by atoms with Gasteiger partial charge in [0, 0.05) is 11.7 Å². The molecule has 2 amide bonds. The minimum Gasteiger partial charge on any atom is -0.480 e. The first-order valence-corrected chi connectivity index (χ1v) is 12.3. The molecule has 33 heavy (non-hydrogen) atoms. The highest BCUT2D eigenvalue weighted by Crippen LogP contribution is 2.45. The smallest absolute Gasteiger partial charge is 0.408 e. The molecular weight excluding hydrogens is 440 g/mol. The number of hydrogen-bond donors (Lipinski definition) is 2. The van der Waals surface area contributed by atoms with E-state index >= 15 is 0 Å². The van der Waals surface area contributed by atoms with Crippen LogP contribution in [0.1, 0.15) is 36.8 Å². The predicted octanol–water partition coefficient (Wildman–Crippen LogP) is 3.68. The number of carbonyl (C=O) groups excluding carboxylic acids is 2. The molecule has 0 spiro atoms. The summed E-state index contributed by atoms with van der Waals surface area (Å²) in [5.74, 6) is -0.802. The van der Waals surface area contributed by atoms with Crippen molar-refractivity contribution in [2.45, 2.75) is 37.3 Å². The molecule has 1 saturated carbocycles. The zero-order valence-corrected chi connectivity index (χ0v) is 19.1. The molecule has 1 saturated heterocycles. The maximum absolute atomic E-state index is 13.4. The summed E-state index contributed by atoms with van der Waals surface area (Å²) in [7, 11) is 0. The van der Waals surface area contributed by atoms with Crippen LogP contribution in [0.2, 0.25) is 0 Å². The number of thioether (sulfide) groups is 1. The highest BCUT2D eigenvalue weighted by molar-refractivity contribution is 7.99. The number of hydrogen-bond acceptors (Lipinski definition) is 5. The number of nitrogens with zero attached hydrogens (tertiary/aromatic N) is 1. The second kappa shape index (κ2) is 8.41. The number of amides is 2. The molecule has 1 aliphatic heterocycles. The molecule has 2 aliphatic carbocycles. The molecule has 2 aromatic carbocycles. The summed E-state index contributed by atoms with van der Waals surface area (Å²) in [6.45, 7) is 1.85. The Labute approximate surface area is 196 Å². The van der Waals surface area contributed by atoms with E-state index in [1.165, 1.54) is 16.7 Å². The fourth-order valence-electron chi connectivity index (χ4n) is 4.98. The highest BCUT2D eigenvalue weighted by atomic mass is 32.2. The quantitative estimate of drug-likeness (QED) is 0.674. The zero-order valence-electron chi connectivity index (χ0n) is 18.3. The fraction of sp³-hybridized carbons (Fsp3) is 0.400. The van der Waals surface area contributed by atoms with Crippen molar-refractivity contribution in [1.29, 1.82) is 0 Å². The van der Waals surface area contributed by atoms with Crippen molar-refractivity contribution in [2.75, 3.05) is 18.2 Å². The standard InChI is InChI=1S/C25H26N2O5S/c1-25(15-10-11-15,23(30)27-14-33-13-21(27)22(28)29)26-24(31)32-12-20-18-8-4-2-6-16(18)17-7-3-5-9-19(17)20/h2-9,15,20-21H,10-14H2,1H3,(H,26,31)(H,28,29)/t21-,25?/m0/s1. The van der Waals surface area contributed by atoms with Crippen LogP contribution in [0.3, 0.4) is 0 Å². The highest BCUT2D eigenvalue weighted by Gasteiger charge is 2.52. The van der Waals surface area contributed by atoms with Crippen molar-refractivity contribution < 1.29 is 24.2 Å². The van der Waals surface area contributed by atoms with E-state index in [0.717, 1.165) is 35.1 Å². The molecule has 172 valence electrons. The van der Waals surface area contributed by atoms with E-state index in [0.29, 0.717) is 11.6 Å². The molecule has 2 aromatic rings.